The Morgan fingerprint density at radius 1 is 1.43 bits per heavy atom. The Morgan fingerprint density at radius 3 is 2.74 bits per heavy atom. The number of fused-ring (bicyclic) bond motifs is 1. The summed E-state index contributed by atoms with van der Waals surface area (Å²) in [4.78, 5) is 25.7. The van der Waals surface area contributed by atoms with Crippen LogP contribution in [0.15, 0.2) is 18.2 Å². The van der Waals surface area contributed by atoms with E-state index in [9.17, 15) is 14.7 Å². The number of piperidine rings is 1. The van der Waals surface area contributed by atoms with Gasteiger partial charge in [-0.15, -0.1) is 0 Å². The zero-order valence-corrected chi connectivity index (χ0v) is 13.8. The molecule has 3 rings (SSSR count). The van der Waals surface area contributed by atoms with Crippen LogP contribution < -0.4 is 5.32 Å². The van der Waals surface area contributed by atoms with Gasteiger partial charge in [-0.1, -0.05) is 24.6 Å². The van der Waals surface area contributed by atoms with E-state index < -0.39 is 12.0 Å². The third kappa shape index (κ3) is 3.08. The molecule has 6 heteroatoms. The van der Waals surface area contributed by atoms with Gasteiger partial charge in [0, 0.05) is 10.7 Å². The Hall–Kier alpha value is -1.59. The van der Waals surface area contributed by atoms with Gasteiger partial charge in [-0.05, 0) is 56.0 Å². The van der Waals surface area contributed by atoms with E-state index in [0.29, 0.717) is 11.4 Å². The predicted octanol–water partition coefficient (Wildman–Crippen LogP) is 2.95. The second kappa shape index (κ2) is 6.49. The second-order valence-electron chi connectivity index (χ2n) is 6.33. The van der Waals surface area contributed by atoms with Gasteiger partial charge in [0.2, 0.25) is 5.91 Å². The average molecular weight is 337 g/mol. The third-order valence-corrected chi connectivity index (χ3v) is 5.28. The van der Waals surface area contributed by atoms with Crippen molar-refractivity contribution in [1.29, 1.82) is 0 Å². The number of nitrogens with one attached hydrogen (secondary N) is 1. The van der Waals surface area contributed by atoms with Gasteiger partial charge < -0.3 is 10.4 Å². The van der Waals surface area contributed by atoms with Crippen molar-refractivity contribution in [1.82, 2.24) is 4.90 Å². The molecule has 0 spiro atoms. The molecule has 1 aromatic rings. The van der Waals surface area contributed by atoms with Crippen LogP contribution in [0.1, 0.15) is 37.7 Å². The molecule has 0 aromatic heterocycles. The van der Waals surface area contributed by atoms with Crippen LogP contribution in [0.3, 0.4) is 0 Å². The van der Waals surface area contributed by atoms with Crippen LogP contribution in [0, 0.1) is 5.92 Å². The van der Waals surface area contributed by atoms with Crippen molar-refractivity contribution < 1.29 is 14.7 Å². The lowest BCUT2D eigenvalue weighted by Gasteiger charge is -2.37. The molecule has 1 amide bonds. The number of carbonyl (C=O) groups is 2. The number of hydrogen-bond donors (Lipinski definition) is 2. The van der Waals surface area contributed by atoms with E-state index in [2.05, 4.69) is 5.32 Å². The Labute approximate surface area is 140 Å². The number of carboxylic acid groups (broad SMARTS) is 1. The molecule has 0 saturated carbocycles. The van der Waals surface area contributed by atoms with E-state index in [1.54, 1.807) is 6.07 Å². The zero-order chi connectivity index (χ0) is 16.6. The maximum absolute atomic E-state index is 12.4. The molecule has 2 unspecified atom stereocenters. The molecular weight excluding hydrogens is 316 g/mol. The molecule has 0 bridgehead atoms. The molecule has 2 atom stereocenters. The van der Waals surface area contributed by atoms with E-state index in [0.717, 1.165) is 37.2 Å². The lowest BCUT2D eigenvalue weighted by atomic mass is 9.80. The summed E-state index contributed by atoms with van der Waals surface area (Å²) in [6.45, 7) is 3.35. The molecule has 124 valence electrons. The molecule has 23 heavy (non-hydrogen) atoms. The number of carbonyl (C=O) groups excluding carboxylic acids is 1. The van der Waals surface area contributed by atoms with E-state index in [4.69, 9.17) is 11.6 Å². The number of rotatable bonds is 4. The summed E-state index contributed by atoms with van der Waals surface area (Å²) >= 11 is 5.99. The number of aliphatic carboxylic acids is 1. The number of nitrogens with zero attached hydrogens (tertiary/aromatic N) is 1. The summed E-state index contributed by atoms with van der Waals surface area (Å²) < 4.78 is 0. The molecule has 1 saturated heterocycles. The first kappa shape index (κ1) is 16.3. The minimum Gasteiger partial charge on any atom is -0.480 e. The highest BCUT2D eigenvalue weighted by atomic mass is 35.5. The number of benzene rings is 1. The second-order valence-corrected chi connectivity index (χ2v) is 6.77. The SMILES string of the molecule is CCC(C(=O)O)N1CCC(C2C(=O)Nc3cc(Cl)ccc32)CC1. The Balaban J connectivity index is 1.71. The maximum atomic E-state index is 12.4. The first-order valence-electron chi connectivity index (χ1n) is 8.08. The molecule has 2 N–H and O–H groups in total. The van der Waals surface area contributed by atoms with Crippen molar-refractivity contribution in [2.75, 3.05) is 18.4 Å². The minimum absolute atomic E-state index is 0.0333. The fourth-order valence-corrected chi connectivity index (χ4v) is 4.05. The van der Waals surface area contributed by atoms with Crippen LogP contribution in [0.5, 0.6) is 0 Å². The Kier molecular flexibility index (Phi) is 4.60. The van der Waals surface area contributed by atoms with Crippen molar-refractivity contribution in [3.63, 3.8) is 0 Å². The summed E-state index contributed by atoms with van der Waals surface area (Å²) in [5, 5.41) is 12.8. The third-order valence-electron chi connectivity index (χ3n) is 5.05. The van der Waals surface area contributed by atoms with Crippen LogP contribution in [-0.4, -0.2) is 41.0 Å². The van der Waals surface area contributed by atoms with E-state index in [1.165, 1.54) is 0 Å². The molecule has 1 aromatic carbocycles. The maximum Gasteiger partial charge on any atom is 0.320 e. The van der Waals surface area contributed by atoms with Gasteiger partial charge >= 0.3 is 5.97 Å². The van der Waals surface area contributed by atoms with Crippen molar-refractivity contribution in [2.24, 2.45) is 5.92 Å². The van der Waals surface area contributed by atoms with Crippen molar-refractivity contribution in [3.05, 3.63) is 28.8 Å². The van der Waals surface area contributed by atoms with Crippen LogP contribution in [0.2, 0.25) is 5.02 Å². The fourth-order valence-electron chi connectivity index (χ4n) is 3.88. The molecule has 1 fully saturated rings. The monoisotopic (exact) mass is 336 g/mol. The normalized spacial score (nSPS) is 23.4. The number of carboxylic acids is 1. The Bertz CT molecular complexity index is 626. The standard InChI is InChI=1S/C17H21ClN2O3/c1-2-14(17(22)23)20-7-5-10(6-8-20)15-12-4-3-11(18)9-13(12)19-16(15)21/h3-4,9-10,14-15H,2,5-8H2,1H3,(H,19,21)(H,22,23). The number of amides is 1. The molecule has 2 aliphatic heterocycles. The summed E-state index contributed by atoms with van der Waals surface area (Å²) in [5.41, 5.74) is 1.83. The van der Waals surface area contributed by atoms with Crippen molar-refractivity contribution in [3.8, 4) is 0 Å². The molecule has 2 heterocycles. The molecule has 5 nitrogen and oxygen atoms in total. The molecule has 2 aliphatic rings. The first-order valence-corrected chi connectivity index (χ1v) is 8.46. The topological polar surface area (TPSA) is 69.6 Å². The Morgan fingerprint density at radius 2 is 2.13 bits per heavy atom. The van der Waals surface area contributed by atoms with Crippen LogP contribution in [0.25, 0.3) is 0 Å². The fraction of sp³-hybridized carbons (Fsp3) is 0.529. The van der Waals surface area contributed by atoms with Gasteiger partial charge in [-0.3, -0.25) is 14.5 Å². The van der Waals surface area contributed by atoms with Gasteiger partial charge in [-0.25, -0.2) is 0 Å². The van der Waals surface area contributed by atoms with Crippen LogP contribution >= 0.6 is 11.6 Å². The van der Waals surface area contributed by atoms with Gasteiger partial charge in [-0.2, -0.15) is 0 Å². The highest BCUT2D eigenvalue weighted by Gasteiger charge is 2.39. The number of anilines is 1. The largest absolute Gasteiger partial charge is 0.480 e. The number of hydrogen-bond acceptors (Lipinski definition) is 3. The van der Waals surface area contributed by atoms with Crippen molar-refractivity contribution >= 4 is 29.2 Å². The highest BCUT2D eigenvalue weighted by Crippen LogP contribution is 2.42. The van der Waals surface area contributed by atoms with Gasteiger partial charge in [0.1, 0.15) is 6.04 Å². The first-order chi connectivity index (χ1) is 11.0. The lowest BCUT2D eigenvalue weighted by Crippen LogP contribution is -2.46. The van der Waals surface area contributed by atoms with Gasteiger partial charge in [0.15, 0.2) is 0 Å². The minimum atomic E-state index is -0.760. The van der Waals surface area contributed by atoms with E-state index >= 15 is 0 Å². The number of halogens is 1. The smallest absolute Gasteiger partial charge is 0.320 e. The summed E-state index contributed by atoms with van der Waals surface area (Å²) in [5.74, 6) is -0.621. The van der Waals surface area contributed by atoms with E-state index in [1.807, 2.05) is 24.0 Å². The van der Waals surface area contributed by atoms with Crippen molar-refractivity contribution in [2.45, 2.75) is 38.1 Å². The average Bonchev–Trinajstić information content (AvgIpc) is 2.83. The van der Waals surface area contributed by atoms with Gasteiger partial charge in [0.05, 0.1) is 5.92 Å². The zero-order valence-electron chi connectivity index (χ0n) is 13.1. The molecular formula is C17H21ClN2O3. The quantitative estimate of drug-likeness (QED) is 0.887. The summed E-state index contributed by atoms with van der Waals surface area (Å²) in [7, 11) is 0. The summed E-state index contributed by atoms with van der Waals surface area (Å²) in [6.07, 6.45) is 2.28. The highest BCUT2D eigenvalue weighted by molar-refractivity contribution is 6.31. The predicted molar refractivity (Wildman–Crippen MR) is 88.8 cm³/mol. The lowest BCUT2D eigenvalue weighted by molar-refractivity contribution is -0.144. The molecule has 0 radical (unpaired) electrons. The van der Waals surface area contributed by atoms with Gasteiger partial charge in [0.25, 0.3) is 0 Å². The van der Waals surface area contributed by atoms with Crippen LogP contribution in [0.4, 0.5) is 5.69 Å². The number of likely N-dealkylation sites (tertiary alicyclic amines) is 1. The van der Waals surface area contributed by atoms with Crippen LogP contribution in [-0.2, 0) is 9.59 Å². The summed E-state index contributed by atoms with van der Waals surface area (Å²) in [6, 6.07) is 5.12. The molecule has 0 aliphatic carbocycles. The van der Waals surface area contributed by atoms with E-state index in [-0.39, 0.29) is 17.7 Å².